The number of ether oxygens (including phenoxy) is 3. The van der Waals surface area contributed by atoms with Gasteiger partial charge in [-0.1, -0.05) is 156 Å². The van der Waals surface area contributed by atoms with Crippen LogP contribution in [0.5, 0.6) is 0 Å². The highest BCUT2D eigenvalue weighted by Gasteiger charge is 2.27. The minimum Gasteiger partial charge on any atom is -0.466 e. The second-order valence-corrected chi connectivity index (χ2v) is 16.7. The van der Waals surface area contributed by atoms with Crippen LogP contribution >= 0.6 is 0 Å². The van der Waals surface area contributed by atoms with Crippen molar-refractivity contribution >= 4 is 11.9 Å². The molecule has 0 radical (unpaired) electrons. The van der Waals surface area contributed by atoms with Crippen molar-refractivity contribution in [1.82, 2.24) is 4.90 Å². The normalized spacial score (nSPS) is 16.4. The van der Waals surface area contributed by atoms with Gasteiger partial charge in [0.15, 0.2) is 0 Å². The fourth-order valence-electron chi connectivity index (χ4n) is 8.24. The van der Waals surface area contributed by atoms with Crippen LogP contribution in [0.3, 0.4) is 0 Å². The zero-order valence-electron chi connectivity index (χ0n) is 36.1. The molecule has 314 valence electrons. The van der Waals surface area contributed by atoms with Crippen molar-refractivity contribution < 1.29 is 23.8 Å². The van der Waals surface area contributed by atoms with Crippen molar-refractivity contribution in [1.29, 1.82) is 0 Å². The fraction of sp³-hybridized carbons (Fsp3) is 0.957. The molecule has 0 aromatic carbocycles. The van der Waals surface area contributed by atoms with Gasteiger partial charge in [-0.15, -0.1) is 0 Å². The minimum absolute atomic E-state index is 0.00813. The van der Waals surface area contributed by atoms with Crippen LogP contribution < -0.4 is 0 Å². The monoisotopic (exact) mass is 750 g/mol. The van der Waals surface area contributed by atoms with Crippen LogP contribution in [0.4, 0.5) is 0 Å². The third kappa shape index (κ3) is 30.7. The van der Waals surface area contributed by atoms with E-state index in [-0.39, 0.29) is 18.0 Å². The van der Waals surface area contributed by atoms with Crippen molar-refractivity contribution in [2.45, 2.75) is 251 Å². The smallest absolute Gasteiger partial charge is 0.306 e. The summed E-state index contributed by atoms with van der Waals surface area (Å²) in [6.45, 7) is 10.4. The molecule has 1 rings (SSSR count). The third-order valence-electron chi connectivity index (χ3n) is 11.7. The Morgan fingerprint density at radius 1 is 0.547 bits per heavy atom. The summed E-state index contributed by atoms with van der Waals surface area (Å²) < 4.78 is 17.0. The summed E-state index contributed by atoms with van der Waals surface area (Å²) in [7, 11) is 1.81. The van der Waals surface area contributed by atoms with E-state index in [2.05, 4.69) is 25.7 Å². The molecule has 1 aliphatic rings. The minimum atomic E-state index is -0.00813. The Bertz CT molecular complexity index is 790. The number of likely N-dealkylation sites (tertiary alicyclic amines) is 1. The van der Waals surface area contributed by atoms with Crippen molar-refractivity contribution in [2.24, 2.45) is 5.92 Å². The van der Waals surface area contributed by atoms with Crippen LogP contribution in [0.2, 0.25) is 0 Å². The standard InChI is InChI=1S/C47H91NO5/c1-5-8-11-14-17-22-30-40-52-46(49)35-28-21-20-25-32-44-38-37-43(42-48(44)39-41-51-4)31-24-23-29-36-47(50)53-45(33-26-18-15-12-9-6-2)34-27-19-16-13-10-7-3/h43-45H,5-42H2,1-4H3. The van der Waals surface area contributed by atoms with Crippen LogP contribution in [0, 0.1) is 5.92 Å². The molecule has 0 amide bonds. The molecule has 0 aromatic rings. The average Bonchev–Trinajstić information content (AvgIpc) is 3.16. The van der Waals surface area contributed by atoms with Gasteiger partial charge >= 0.3 is 11.9 Å². The van der Waals surface area contributed by atoms with Gasteiger partial charge in [0.2, 0.25) is 0 Å². The lowest BCUT2D eigenvalue weighted by Gasteiger charge is -2.40. The molecule has 53 heavy (non-hydrogen) atoms. The van der Waals surface area contributed by atoms with Gasteiger partial charge in [0, 0.05) is 39.1 Å². The molecule has 0 bridgehead atoms. The number of hydrogen-bond donors (Lipinski definition) is 0. The molecule has 2 atom stereocenters. The number of hydrogen-bond acceptors (Lipinski definition) is 6. The first kappa shape index (κ1) is 49.9. The molecule has 1 heterocycles. The van der Waals surface area contributed by atoms with E-state index in [0.29, 0.717) is 25.5 Å². The Morgan fingerprint density at radius 3 is 1.64 bits per heavy atom. The quantitative estimate of drug-likeness (QED) is 0.0460. The predicted molar refractivity (Wildman–Crippen MR) is 226 cm³/mol. The summed E-state index contributed by atoms with van der Waals surface area (Å²) >= 11 is 0. The highest BCUT2D eigenvalue weighted by atomic mass is 16.5. The predicted octanol–water partition coefficient (Wildman–Crippen LogP) is 13.7. The topological polar surface area (TPSA) is 65.1 Å². The zero-order chi connectivity index (χ0) is 38.5. The molecule has 0 saturated carbocycles. The van der Waals surface area contributed by atoms with Crippen LogP contribution in [0.15, 0.2) is 0 Å². The molecule has 1 aliphatic heterocycles. The molecular formula is C47H91NO5. The summed E-state index contributed by atoms with van der Waals surface area (Å²) in [5, 5.41) is 0. The maximum atomic E-state index is 12.8. The lowest BCUT2D eigenvalue weighted by Crippen LogP contribution is -2.44. The molecule has 6 heteroatoms. The summed E-state index contributed by atoms with van der Waals surface area (Å²) in [4.78, 5) is 27.7. The Morgan fingerprint density at radius 2 is 1.04 bits per heavy atom. The Kier molecular flexibility index (Phi) is 35.5. The summed E-state index contributed by atoms with van der Waals surface area (Å²) in [5.41, 5.74) is 0. The van der Waals surface area contributed by atoms with Gasteiger partial charge in [0.25, 0.3) is 0 Å². The molecule has 6 nitrogen and oxygen atoms in total. The van der Waals surface area contributed by atoms with Gasteiger partial charge in [0.1, 0.15) is 6.10 Å². The SMILES string of the molecule is CCCCCCCCCOC(=O)CCCCCCC1CCC(CCCCCC(=O)OC(CCCCCCCC)CCCCCCCC)CN1CCOC. The second-order valence-electron chi connectivity index (χ2n) is 16.7. The maximum absolute atomic E-state index is 12.8. The van der Waals surface area contributed by atoms with Crippen molar-refractivity contribution in [3.8, 4) is 0 Å². The average molecular weight is 750 g/mol. The van der Waals surface area contributed by atoms with Gasteiger partial charge < -0.3 is 14.2 Å². The van der Waals surface area contributed by atoms with Crippen molar-refractivity contribution in [3.05, 3.63) is 0 Å². The van der Waals surface area contributed by atoms with Gasteiger partial charge in [-0.2, -0.15) is 0 Å². The van der Waals surface area contributed by atoms with E-state index in [0.717, 1.165) is 64.0 Å². The highest BCUT2D eigenvalue weighted by molar-refractivity contribution is 5.69. The molecule has 0 N–H and O–H groups in total. The summed E-state index contributed by atoms with van der Waals surface area (Å²) in [6, 6.07) is 0.656. The number of methoxy groups -OCH3 is 1. The number of nitrogens with zero attached hydrogens (tertiary/aromatic N) is 1. The van der Waals surface area contributed by atoms with Crippen LogP contribution in [-0.2, 0) is 23.8 Å². The number of rotatable bonds is 39. The molecule has 0 spiro atoms. The molecular weight excluding hydrogens is 659 g/mol. The molecule has 2 unspecified atom stereocenters. The van der Waals surface area contributed by atoms with Crippen LogP contribution in [0.1, 0.15) is 239 Å². The molecule has 1 fully saturated rings. The lowest BCUT2D eigenvalue weighted by molar-refractivity contribution is -0.150. The van der Waals surface area contributed by atoms with Crippen molar-refractivity contribution in [2.75, 3.05) is 33.4 Å². The Hall–Kier alpha value is -1.14. The maximum Gasteiger partial charge on any atom is 0.306 e. The first-order valence-corrected chi connectivity index (χ1v) is 23.6. The first-order valence-electron chi connectivity index (χ1n) is 23.6. The largest absolute Gasteiger partial charge is 0.466 e. The van der Waals surface area contributed by atoms with Gasteiger partial charge in [0.05, 0.1) is 13.2 Å². The highest BCUT2D eigenvalue weighted by Crippen LogP contribution is 2.29. The molecule has 1 saturated heterocycles. The summed E-state index contributed by atoms with van der Waals surface area (Å²) in [6.07, 6.45) is 40.5. The van der Waals surface area contributed by atoms with E-state index in [1.807, 2.05) is 7.11 Å². The zero-order valence-corrected chi connectivity index (χ0v) is 36.1. The summed E-state index contributed by atoms with van der Waals surface area (Å²) in [5.74, 6) is 0.782. The van der Waals surface area contributed by atoms with E-state index in [9.17, 15) is 9.59 Å². The lowest BCUT2D eigenvalue weighted by atomic mass is 9.86. The Labute approximate surface area is 330 Å². The number of carbonyl (C=O) groups is 2. The second kappa shape index (κ2) is 37.8. The number of carbonyl (C=O) groups excluding carboxylic acids is 2. The first-order chi connectivity index (χ1) is 26.0. The molecule has 0 aliphatic carbocycles. The van der Waals surface area contributed by atoms with E-state index in [4.69, 9.17) is 14.2 Å². The van der Waals surface area contributed by atoms with Crippen LogP contribution in [0.25, 0.3) is 0 Å². The van der Waals surface area contributed by atoms with Gasteiger partial charge in [-0.3, -0.25) is 14.5 Å². The third-order valence-corrected chi connectivity index (χ3v) is 11.7. The van der Waals surface area contributed by atoms with E-state index >= 15 is 0 Å². The number of esters is 2. The van der Waals surface area contributed by atoms with Gasteiger partial charge in [-0.05, 0) is 76.5 Å². The number of piperidine rings is 1. The fourth-order valence-corrected chi connectivity index (χ4v) is 8.24. The Balaban J connectivity index is 2.24. The van der Waals surface area contributed by atoms with Crippen molar-refractivity contribution in [3.63, 3.8) is 0 Å². The molecule has 0 aromatic heterocycles. The van der Waals surface area contributed by atoms with E-state index < -0.39 is 0 Å². The van der Waals surface area contributed by atoms with E-state index in [1.54, 1.807) is 0 Å². The van der Waals surface area contributed by atoms with Crippen LogP contribution in [-0.4, -0.2) is 62.4 Å². The van der Waals surface area contributed by atoms with E-state index in [1.165, 1.54) is 167 Å². The number of unbranched alkanes of at least 4 members (excludes halogenated alkanes) is 21. The van der Waals surface area contributed by atoms with Gasteiger partial charge in [-0.25, -0.2) is 0 Å².